The summed E-state index contributed by atoms with van der Waals surface area (Å²) in [4.78, 5) is 30.5. The number of carbonyl (C=O) groups is 2. The molecule has 0 aliphatic rings. The summed E-state index contributed by atoms with van der Waals surface area (Å²) < 4.78 is 10.7. The largest absolute Gasteiger partial charge is 0.497 e. The molecule has 1 heterocycles. The van der Waals surface area contributed by atoms with Crippen molar-refractivity contribution in [2.24, 2.45) is 11.1 Å². The molecule has 9 nitrogen and oxygen atoms in total. The zero-order valence-corrected chi connectivity index (χ0v) is 20.3. The van der Waals surface area contributed by atoms with E-state index in [4.69, 9.17) is 9.47 Å². The predicted molar refractivity (Wildman–Crippen MR) is 132 cm³/mol. The smallest absolute Gasteiger partial charge is 0.326 e. The van der Waals surface area contributed by atoms with E-state index in [2.05, 4.69) is 10.1 Å². The van der Waals surface area contributed by atoms with Gasteiger partial charge in [0.25, 0.3) is 5.91 Å². The maximum atomic E-state index is 13.6. The Morgan fingerprint density at radius 3 is 2.46 bits per heavy atom. The fraction of sp³-hybridized carbons (Fsp3) is 0.346. The quantitative estimate of drug-likeness (QED) is 0.215. The molecule has 3 aromatic rings. The summed E-state index contributed by atoms with van der Waals surface area (Å²) in [5, 5.41) is 23.9. The van der Waals surface area contributed by atoms with Gasteiger partial charge in [-0.2, -0.15) is 0 Å². The second-order valence-electron chi connectivity index (χ2n) is 8.67. The van der Waals surface area contributed by atoms with Gasteiger partial charge < -0.3 is 29.7 Å². The monoisotopic (exact) mass is 481 g/mol. The van der Waals surface area contributed by atoms with Crippen LogP contribution < -0.4 is 9.47 Å². The Kier molecular flexibility index (Phi) is 8.35. The first-order chi connectivity index (χ1) is 16.8. The number of rotatable bonds is 11. The third-order valence-corrected chi connectivity index (χ3v) is 5.81. The Labute approximate surface area is 204 Å². The van der Waals surface area contributed by atoms with Crippen LogP contribution in [0.3, 0.4) is 0 Å². The standard InChI is InChI=1S/C26H31N3O6/c1-16(2)11-22(28-33)25(30)29(15-17-9-10-19(34-3)13-24(17)35-4)23(26(31)32)12-18-14-27-21-8-6-5-7-20(18)21/h5-10,13-14,16,23,27,33H,11-12,15H2,1-4H3,(H,31,32)/t23-/m0/s1. The van der Waals surface area contributed by atoms with Crippen molar-refractivity contribution in [3.05, 3.63) is 59.8 Å². The molecule has 9 heteroatoms. The molecule has 0 aliphatic carbocycles. The predicted octanol–water partition coefficient (Wildman–Crippen LogP) is 4.09. The van der Waals surface area contributed by atoms with E-state index in [1.54, 1.807) is 24.4 Å². The van der Waals surface area contributed by atoms with Crippen molar-refractivity contribution in [2.45, 2.75) is 39.3 Å². The van der Waals surface area contributed by atoms with Gasteiger partial charge in [-0.1, -0.05) is 37.2 Å². The van der Waals surface area contributed by atoms with Crippen molar-refractivity contribution < 1.29 is 29.4 Å². The summed E-state index contributed by atoms with van der Waals surface area (Å²) in [6.07, 6.45) is 2.02. The van der Waals surface area contributed by atoms with E-state index in [1.807, 2.05) is 38.1 Å². The van der Waals surface area contributed by atoms with E-state index < -0.39 is 17.9 Å². The van der Waals surface area contributed by atoms with Gasteiger partial charge in [-0.15, -0.1) is 0 Å². The lowest BCUT2D eigenvalue weighted by atomic mass is 10.00. The molecule has 0 bridgehead atoms. The Balaban J connectivity index is 2.05. The van der Waals surface area contributed by atoms with Gasteiger partial charge in [0.15, 0.2) is 0 Å². The minimum atomic E-state index is -1.22. The maximum absolute atomic E-state index is 13.6. The van der Waals surface area contributed by atoms with Crippen LogP contribution >= 0.6 is 0 Å². The Bertz CT molecular complexity index is 1220. The number of hydrogen-bond donors (Lipinski definition) is 3. The number of carboxylic acid groups (broad SMARTS) is 1. The highest BCUT2D eigenvalue weighted by Gasteiger charge is 2.34. The Morgan fingerprint density at radius 1 is 1.09 bits per heavy atom. The van der Waals surface area contributed by atoms with Gasteiger partial charge in [-0.3, -0.25) is 4.79 Å². The van der Waals surface area contributed by atoms with Crippen LogP contribution in [0, 0.1) is 5.92 Å². The second kappa shape index (κ2) is 11.4. The Morgan fingerprint density at radius 2 is 1.83 bits per heavy atom. The van der Waals surface area contributed by atoms with Crippen LogP contribution in [0.5, 0.6) is 11.5 Å². The number of nitrogens with zero attached hydrogens (tertiary/aromatic N) is 2. The number of nitrogens with one attached hydrogen (secondary N) is 1. The van der Waals surface area contributed by atoms with Crippen LogP contribution in [0.4, 0.5) is 0 Å². The first kappa shape index (κ1) is 25.6. The molecule has 1 aromatic heterocycles. The SMILES string of the molecule is COc1ccc(CN(C(=O)C(CC(C)C)=NO)[C@@H](Cc2c[nH]c3ccccc23)C(=O)O)c(OC)c1. The molecule has 1 amide bonds. The molecule has 2 aromatic carbocycles. The molecule has 1 atom stereocenters. The van der Waals surface area contributed by atoms with Crippen molar-refractivity contribution in [3.8, 4) is 11.5 Å². The van der Waals surface area contributed by atoms with Crippen LogP contribution in [-0.2, 0) is 22.6 Å². The van der Waals surface area contributed by atoms with Crippen LogP contribution in [0.1, 0.15) is 31.4 Å². The van der Waals surface area contributed by atoms with Gasteiger partial charge in [-0.05, 0) is 29.7 Å². The molecule has 0 aliphatic heterocycles. The number of methoxy groups -OCH3 is 2. The third kappa shape index (κ3) is 5.92. The minimum absolute atomic E-state index is 0.0270. The second-order valence-corrected chi connectivity index (χ2v) is 8.67. The highest BCUT2D eigenvalue weighted by atomic mass is 16.5. The number of benzene rings is 2. The molecule has 0 saturated heterocycles. The number of aliphatic carboxylic acids is 1. The average molecular weight is 482 g/mol. The molecule has 0 saturated carbocycles. The van der Waals surface area contributed by atoms with E-state index in [0.29, 0.717) is 17.1 Å². The van der Waals surface area contributed by atoms with Crippen molar-refractivity contribution in [1.29, 1.82) is 0 Å². The normalized spacial score (nSPS) is 12.5. The van der Waals surface area contributed by atoms with Crippen molar-refractivity contribution in [2.75, 3.05) is 14.2 Å². The van der Waals surface area contributed by atoms with E-state index in [-0.39, 0.29) is 31.0 Å². The fourth-order valence-corrected chi connectivity index (χ4v) is 4.05. The number of ether oxygens (including phenoxy) is 2. The summed E-state index contributed by atoms with van der Waals surface area (Å²) in [6.45, 7) is 3.70. The van der Waals surface area contributed by atoms with E-state index in [0.717, 1.165) is 16.5 Å². The highest BCUT2D eigenvalue weighted by Crippen LogP contribution is 2.28. The number of H-pyrrole nitrogens is 1. The zero-order valence-electron chi connectivity index (χ0n) is 20.3. The molecule has 35 heavy (non-hydrogen) atoms. The van der Waals surface area contributed by atoms with E-state index in [1.165, 1.54) is 19.1 Å². The minimum Gasteiger partial charge on any atom is -0.497 e. The van der Waals surface area contributed by atoms with Crippen molar-refractivity contribution in [1.82, 2.24) is 9.88 Å². The van der Waals surface area contributed by atoms with Gasteiger partial charge in [0.1, 0.15) is 23.3 Å². The molecule has 0 radical (unpaired) electrons. The maximum Gasteiger partial charge on any atom is 0.326 e. The fourth-order valence-electron chi connectivity index (χ4n) is 4.05. The first-order valence-corrected chi connectivity index (χ1v) is 11.3. The molecule has 186 valence electrons. The lowest BCUT2D eigenvalue weighted by Gasteiger charge is -2.30. The number of hydrogen-bond acceptors (Lipinski definition) is 6. The van der Waals surface area contributed by atoms with E-state index in [9.17, 15) is 19.9 Å². The zero-order chi connectivity index (χ0) is 25.5. The van der Waals surface area contributed by atoms with Gasteiger partial charge >= 0.3 is 5.97 Å². The van der Waals surface area contributed by atoms with Crippen molar-refractivity contribution in [3.63, 3.8) is 0 Å². The van der Waals surface area contributed by atoms with Gasteiger partial charge in [-0.25, -0.2) is 4.79 Å². The van der Waals surface area contributed by atoms with Crippen LogP contribution in [-0.4, -0.2) is 58.0 Å². The molecule has 3 rings (SSSR count). The lowest BCUT2D eigenvalue weighted by Crippen LogP contribution is -2.48. The molecule has 0 unspecified atom stereocenters. The summed E-state index contributed by atoms with van der Waals surface area (Å²) in [5.74, 6) is -0.775. The van der Waals surface area contributed by atoms with Gasteiger partial charge in [0.2, 0.25) is 0 Å². The third-order valence-electron chi connectivity index (χ3n) is 5.81. The summed E-state index contributed by atoms with van der Waals surface area (Å²) in [5.41, 5.74) is 2.13. The molecule has 0 fully saturated rings. The topological polar surface area (TPSA) is 124 Å². The number of oxime groups is 1. The van der Waals surface area contributed by atoms with Crippen LogP contribution in [0.15, 0.2) is 53.8 Å². The highest BCUT2D eigenvalue weighted by molar-refractivity contribution is 6.39. The summed E-state index contributed by atoms with van der Waals surface area (Å²) >= 11 is 0. The molecule has 0 spiro atoms. The molecule has 3 N–H and O–H groups in total. The number of carbonyl (C=O) groups excluding carboxylic acids is 1. The molecular formula is C26H31N3O6. The summed E-state index contributed by atoms with van der Waals surface area (Å²) in [6, 6.07) is 11.4. The first-order valence-electron chi connectivity index (χ1n) is 11.3. The van der Waals surface area contributed by atoms with Gasteiger partial charge in [0, 0.05) is 41.6 Å². The van der Waals surface area contributed by atoms with Crippen LogP contribution in [0.2, 0.25) is 0 Å². The number of para-hydroxylation sites is 1. The lowest BCUT2D eigenvalue weighted by molar-refractivity contribution is -0.148. The number of aromatic amines is 1. The number of amides is 1. The molecular weight excluding hydrogens is 450 g/mol. The van der Waals surface area contributed by atoms with Crippen molar-refractivity contribution >= 4 is 28.5 Å². The number of aromatic nitrogens is 1. The van der Waals surface area contributed by atoms with Crippen LogP contribution in [0.25, 0.3) is 10.9 Å². The average Bonchev–Trinajstić information content (AvgIpc) is 3.26. The van der Waals surface area contributed by atoms with E-state index >= 15 is 0 Å². The summed E-state index contributed by atoms with van der Waals surface area (Å²) in [7, 11) is 3.02. The number of fused-ring (bicyclic) bond motifs is 1. The van der Waals surface area contributed by atoms with Gasteiger partial charge in [0.05, 0.1) is 20.8 Å². The number of carboxylic acids is 1. The Hall–Kier alpha value is -4.01.